The number of carboxylic acid groups (broad SMARTS) is 2. The van der Waals surface area contributed by atoms with Crippen LogP contribution in [0.5, 0.6) is 0 Å². The van der Waals surface area contributed by atoms with Crippen LogP contribution in [0.4, 0.5) is 0 Å². The molecular weight excluding hydrogens is 881 g/mol. The van der Waals surface area contributed by atoms with Gasteiger partial charge in [-0.1, -0.05) is 60.1 Å². The minimum absolute atomic E-state index is 0.00172. The number of allylic oxidation sites excluding steroid dienone is 2. The summed E-state index contributed by atoms with van der Waals surface area (Å²) in [6.07, 6.45) is -20.4. The van der Waals surface area contributed by atoms with Gasteiger partial charge < -0.3 is 84.6 Å². The van der Waals surface area contributed by atoms with E-state index in [9.17, 15) is 65.8 Å². The number of rotatable bonds is 9. The van der Waals surface area contributed by atoms with E-state index in [4.69, 9.17) is 28.4 Å². The summed E-state index contributed by atoms with van der Waals surface area (Å²) in [5, 5.41) is 119. The number of aliphatic carboxylic acids is 2. The van der Waals surface area contributed by atoms with Gasteiger partial charge >= 0.3 is 11.9 Å². The Morgan fingerprint density at radius 1 is 0.627 bits per heavy atom. The van der Waals surface area contributed by atoms with Gasteiger partial charge in [-0.3, -0.25) is 0 Å². The molecule has 3 saturated heterocycles. The normalized spacial score (nSPS) is 55.2. The van der Waals surface area contributed by atoms with Crippen molar-refractivity contribution in [2.45, 2.75) is 218 Å². The van der Waals surface area contributed by atoms with Crippen LogP contribution in [0.1, 0.15) is 113 Å². The monoisotopic (exact) mass is 956 g/mol. The van der Waals surface area contributed by atoms with Gasteiger partial charge in [-0.2, -0.15) is 0 Å². The maximum Gasteiger partial charge on any atom is 0.335 e. The van der Waals surface area contributed by atoms with Gasteiger partial charge in [0.1, 0.15) is 54.9 Å². The smallest absolute Gasteiger partial charge is 0.335 e. The molecule has 7 fully saturated rings. The number of carbonyl (C=O) groups is 2. The molecule has 5 aliphatic carbocycles. The number of ether oxygens (including phenoxy) is 6. The van der Waals surface area contributed by atoms with Crippen molar-refractivity contribution >= 4 is 11.9 Å². The number of hydrogen-bond donors (Lipinski definition) is 11. The molecule has 8 rings (SSSR count). The molecule has 0 aromatic rings. The number of fused-ring (bicyclic) bond motifs is 7. The van der Waals surface area contributed by atoms with Crippen LogP contribution in [-0.2, 0) is 38.0 Å². The second-order valence-corrected chi connectivity index (χ2v) is 23.6. The van der Waals surface area contributed by atoms with Gasteiger partial charge in [0.15, 0.2) is 31.1 Å². The van der Waals surface area contributed by atoms with Crippen molar-refractivity contribution in [3.8, 4) is 0 Å². The third kappa shape index (κ3) is 7.97. The standard InChI is InChI=1S/C48H76O19/c1-20-27(51)28(52)33(57)40(62-20)66-37-32(56)30(54)35(39(60)61)65-42(37)67-36-31(55)29(53)34(38(58)59)64-41(36)63-26-12-13-45(5)23(46(26,6)19-49)11-14-48(8)24(45)10-9-21-22-17-43(2,3)18-25(50)44(22,4)15-16-47(21,48)7/h9,20,22-37,40-42,49-57H,10-19H2,1-8H3,(H,58,59)(H,60,61). The highest BCUT2D eigenvalue weighted by Gasteiger charge is 2.70. The number of aliphatic hydroxyl groups is 9. The molecule has 0 aromatic carbocycles. The van der Waals surface area contributed by atoms with E-state index in [1.54, 1.807) is 0 Å². The van der Waals surface area contributed by atoms with Gasteiger partial charge in [0.2, 0.25) is 0 Å². The zero-order valence-corrected chi connectivity index (χ0v) is 39.9. The summed E-state index contributed by atoms with van der Waals surface area (Å²) in [5.74, 6) is -3.02. The summed E-state index contributed by atoms with van der Waals surface area (Å²) in [6.45, 7) is 16.9. The van der Waals surface area contributed by atoms with Crippen LogP contribution in [0, 0.1) is 50.2 Å². The maximum atomic E-state index is 12.5. The van der Waals surface area contributed by atoms with Crippen molar-refractivity contribution in [1.29, 1.82) is 0 Å². The fourth-order valence-electron chi connectivity index (χ4n) is 15.1. The molecule has 0 bridgehead atoms. The lowest BCUT2D eigenvalue weighted by Gasteiger charge is -2.72. The Morgan fingerprint density at radius 2 is 1.19 bits per heavy atom. The molecule has 4 saturated carbocycles. The van der Waals surface area contributed by atoms with Crippen LogP contribution < -0.4 is 0 Å². The number of carboxylic acids is 2. The van der Waals surface area contributed by atoms with Gasteiger partial charge in [-0.15, -0.1) is 0 Å². The van der Waals surface area contributed by atoms with Gasteiger partial charge in [0.25, 0.3) is 0 Å². The lowest BCUT2D eigenvalue weighted by molar-refractivity contribution is -0.393. The SMILES string of the molecule is CC1OC(OC2C(OC3C(OC4CCC5(C)C(CCC6(C)C5CC=C5C7CC(C)(C)CC(O)C7(C)CCC56C)C4(C)CO)OC(C(=O)O)C(O)C3O)OC(C(=O)O)C(O)C2O)C(O)C(O)C1O. The first-order chi connectivity index (χ1) is 31.1. The average molecular weight is 957 g/mol. The summed E-state index contributed by atoms with van der Waals surface area (Å²) in [6, 6.07) is 0. The van der Waals surface area contributed by atoms with Gasteiger partial charge in [-0.25, -0.2) is 9.59 Å². The van der Waals surface area contributed by atoms with Gasteiger partial charge in [0.05, 0.1) is 24.9 Å². The van der Waals surface area contributed by atoms with Crippen LogP contribution in [0.2, 0.25) is 0 Å². The van der Waals surface area contributed by atoms with Gasteiger partial charge in [-0.05, 0) is 104 Å². The van der Waals surface area contributed by atoms with Crippen molar-refractivity contribution in [1.82, 2.24) is 0 Å². The minimum Gasteiger partial charge on any atom is -0.479 e. The van der Waals surface area contributed by atoms with Crippen LogP contribution in [-0.4, -0.2) is 179 Å². The average Bonchev–Trinajstić information content (AvgIpc) is 3.25. The van der Waals surface area contributed by atoms with Gasteiger partial charge in [0, 0.05) is 10.8 Å². The highest BCUT2D eigenvalue weighted by Crippen LogP contribution is 2.76. The molecule has 382 valence electrons. The Kier molecular flexibility index (Phi) is 13.6. The zero-order valence-electron chi connectivity index (χ0n) is 39.9. The van der Waals surface area contributed by atoms with Crippen molar-refractivity contribution in [2.75, 3.05) is 6.61 Å². The van der Waals surface area contributed by atoms with E-state index in [1.807, 2.05) is 6.92 Å². The highest BCUT2D eigenvalue weighted by atomic mass is 16.8. The number of hydrogen-bond acceptors (Lipinski definition) is 17. The van der Waals surface area contributed by atoms with Crippen molar-refractivity contribution in [2.24, 2.45) is 50.2 Å². The van der Waals surface area contributed by atoms with Crippen LogP contribution in [0.25, 0.3) is 0 Å². The molecule has 0 amide bonds. The summed E-state index contributed by atoms with van der Waals surface area (Å²) < 4.78 is 35.6. The predicted octanol–water partition coefficient (Wildman–Crippen LogP) is 0.797. The first-order valence-electron chi connectivity index (χ1n) is 24.2. The summed E-state index contributed by atoms with van der Waals surface area (Å²) in [4.78, 5) is 24.7. The first kappa shape index (κ1) is 51.4. The third-order valence-corrected chi connectivity index (χ3v) is 19.5. The van der Waals surface area contributed by atoms with E-state index in [0.29, 0.717) is 12.8 Å². The second-order valence-electron chi connectivity index (χ2n) is 23.6. The zero-order chi connectivity index (χ0) is 49.3. The quantitative estimate of drug-likeness (QED) is 0.112. The molecule has 0 aromatic heterocycles. The Bertz CT molecular complexity index is 1900. The molecule has 19 nitrogen and oxygen atoms in total. The molecule has 25 atom stereocenters. The maximum absolute atomic E-state index is 12.5. The highest BCUT2D eigenvalue weighted by molar-refractivity contribution is 5.74. The fourth-order valence-corrected chi connectivity index (χ4v) is 15.1. The molecular formula is C48H76O19. The van der Waals surface area contributed by atoms with Crippen LogP contribution in [0.15, 0.2) is 11.6 Å². The molecule has 67 heavy (non-hydrogen) atoms. The molecule has 19 heteroatoms. The number of aliphatic hydroxyl groups excluding tert-OH is 9. The molecule has 3 heterocycles. The van der Waals surface area contributed by atoms with Crippen LogP contribution in [0.3, 0.4) is 0 Å². The molecule has 8 aliphatic rings. The van der Waals surface area contributed by atoms with E-state index in [2.05, 4.69) is 47.6 Å². The summed E-state index contributed by atoms with van der Waals surface area (Å²) >= 11 is 0. The fraction of sp³-hybridized carbons (Fsp3) is 0.917. The van der Waals surface area contributed by atoms with E-state index in [1.165, 1.54) is 12.5 Å². The first-order valence-corrected chi connectivity index (χ1v) is 24.2. The molecule has 0 spiro atoms. The van der Waals surface area contributed by atoms with Crippen molar-refractivity contribution in [3.05, 3.63) is 11.6 Å². The Morgan fingerprint density at radius 3 is 1.76 bits per heavy atom. The summed E-state index contributed by atoms with van der Waals surface area (Å²) in [7, 11) is 0. The topological polar surface area (TPSA) is 312 Å². The third-order valence-electron chi connectivity index (χ3n) is 19.5. The van der Waals surface area contributed by atoms with Crippen LogP contribution >= 0.6 is 0 Å². The van der Waals surface area contributed by atoms with E-state index in [0.717, 1.165) is 44.9 Å². The minimum atomic E-state index is -2.16. The molecule has 0 radical (unpaired) electrons. The lowest BCUT2D eigenvalue weighted by Crippen LogP contribution is -2.68. The largest absolute Gasteiger partial charge is 0.479 e. The Balaban J connectivity index is 1.08. The van der Waals surface area contributed by atoms with E-state index in [-0.39, 0.29) is 57.5 Å². The van der Waals surface area contributed by atoms with Crippen molar-refractivity contribution in [3.63, 3.8) is 0 Å². The lowest BCUT2D eigenvalue weighted by atomic mass is 9.33. The van der Waals surface area contributed by atoms with E-state index >= 15 is 0 Å². The Labute approximate surface area is 391 Å². The van der Waals surface area contributed by atoms with Crippen molar-refractivity contribution < 1.29 is 94.2 Å². The summed E-state index contributed by atoms with van der Waals surface area (Å²) in [5.41, 5.74) is -0.239. The molecule has 11 N–H and O–H groups in total. The predicted molar refractivity (Wildman–Crippen MR) is 231 cm³/mol. The van der Waals surface area contributed by atoms with E-state index < -0.39 is 116 Å². The molecule has 3 aliphatic heterocycles. The Hall–Kier alpha value is -1.92. The second kappa shape index (κ2) is 17.7. The molecule has 25 unspecified atom stereocenters.